The lowest BCUT2D eigenvalue weighted by Gasteiger charge is -2.30. The summed E-state index contributed by atoms with van der Waals surface area (Å²) < 4.78 is 14.4. The molecule has 6 heterocycles. The van der Waals surface area contributed by atoms with Gasteiger partial charge in [-0.25, -0.2) is 44.3 Å². The van der Waals surface area contributed by atoms with E-state index in [4.69, 9.17) is 20.4 Å². The average Bonchev–Trinajstić information content (AvgIpc) is 4.05. The van der Waals surface area contributed by atoms with Gasteiger partial charge in [0.2, 0.25) is 0 Å². The molecule has 2 unspecified atom stereocenters. The van der Waals surface area contributed by atoms with E-state index < -0.39 is 34.2 Å². The van der Waals surface area contributed by atoms with Gasteiger partial charge in [0, 0.05) is 60.2 Å². The van der Waals surface area contributed by atoms with Gasteiger partial charge in [0.25, 0.3) is 11.1 Å². The molecule has 3 N–H and O–H groups in total. The Morgan fingerprint density at radius 1 is 0.649 bits per heavy atom. The average molecular weight is 1040 g/mol. The Labute approximate surface area is 444 Å². The second-order valence-electron chi connectivity index (χ2n) is 21.1. The van der Waals surface area contributed by atoms with E-state index in [0.717, 1.165) is 84.0 Å². The molecule has 0 radical (unpaired) electrons. The number of ether oxygens (including phenoxy) is 1. The van der Waals surface area contributed by atoms with Gasteiger partial charge in [-0.15, -0.1) is 11.8 Å². The molecule has 0 spiro atoms. The maximum absolute atomic E-state index is 14.0. The summed E-state index contributed by atoms with van der Waals surface area (Å²) in [6, 6.07) is 15.3. The van der Waals surface area contributed by atoms with Crippen LogP contribution in [0, 0.1) is 37.5 Å². The van der Waals surface area contributed by atoms with Crippen molar-refractivity contribution < 1.29 is 9.53 Å². The van der Waals surface area contributed by atoms with Crippen LogP contribution in [0.25, 0.3) is 44.1 Å². The third kappa shape index (κ3) is 11.1. The maximum Gasteiger partial charge on any atom is 0.407 e. The Balaban J connectivity index is 0.000000191. The molecule has 1 amide bonds. The Hall–Kier alpha value is -8.23. The van der Waals surface area contributed by atoms with Crippen LogP contribution in [0.15, 0.2) is 67.7 Å². The minimum absolute atomic E-state index is 0.0264. The zero-order valence-electron chi connectivity index (χ0n) is 45.3. The first kappa shape index (κ1) is 53.6. The number of benzene rings is 2. The van der Waals surface area contributed by atoms with Crippen LogP contribution < -0.4 is 33.5 Å². The van der Waals surface area contributed by atoms with E-state index in [9.17, 15) is 24.0 Å². The lowest BCUT2D eigenvalue weighted by Crippen LogP contribution is -2.41. The molecule has 0 aliphatic heterocycles. The number of para-hydroxylation sites is 2. The fourth-order valence-corrected chi connectivity index (χ4v) is 10.8. The minimum Gasteiger partial charge on any atom is -0.444 e. The number of aryl methyl sites for hydroxylation is 4. The van der Waals surface area contributed by atoms with E-state index in [2.05, 4.69) is 48.9 Å². The largest absolute Gasteiger partial charge is 0.444 e. The highest BCUT2D eigenvalue weighted by atomic mass is 16.6. The highest BCUT2D eigenvalue weighted by Crippen LogP contribution is 2.35. The summed E-state index contributed by atoms with van der Waals surface area (Å²) in [6.07, 6.45) is 6.46. The van der Waals surface area contributed by atoms with Crippen molar-refractivity contribution in [1.29, 1.82) is 0 Å². The van der Waals surface area contributed by atoms with Gasteiger partial charge in [-0.3, -0.25) is 27.9 Å². The van der Waals surface area contributed by atoms with Crippen LogP contribution in [-0.4, -0.2) is 81.1 Å². The molecule has 2 fully saturated rings. The molecule has 2 aliphatic rings. The molecule has 20 heteroatoms. The van der Waals surface area contributed by atoms with E-state index in [1.54, 1.807) is 27.9 Å². The first-order valence-electron chi connectivity index (χ1n) is 26.2. The summed E-state index contributed by atoms with van der Waals surface area (Å²) in [6.45, 7) is 13.3. The van der Waals surface area contributed by atoms with Gasteiger partial charge in [-0.1, -0.05) is 61.1 Å². The Morgan fingerprint density at radius 2 is 1.10 bits per heavy atom. The lowest BCUT2D eigenvalue weighted by atomic mass is 9.85. The number of aromatic nitrogens is 12. The molecule has 6 aromatic heterocycles. The molecule has 4 atom stereocenters. The fraction of sp³-hybridized carbons (Fsp3) is 0.456. The number of nitrogens with zero attached hydrogens (tertiary/aromatic N) is 12. The van der Waals surface area contributed by atoms with Crippen LogP contribution in [0.5, 0.6) is 0 Å². The Kier molecular flexibility index (Phi) is 15.4. The highest BCUT2D eigenvalue weighted by molar-refractivity contribution is 5.81. The Morgan fingerprint density at radius 3 is 1.56 bits per heavy atom. The summed E-state index contributed by atoms with van der Waals surface area (Å²) in [4.78, 5) is 95.0. The normalized spacial score (nSPS) is 17.6. The lowest BCUT2D eigenvalue weighted by molar-refractivity contribution is 0.0489. The van der Waals surface area contributed by atoms with Crippen molar-refractivity contribution >= 4 is 50.2 Å². The van der Waals surface area contributed by atoms with E-state index in [-0.39, 0.29) is 43.6 Å². The molecule has 2 saturated carbocycles. The van der Waals surface area contributed by atoms with Crippen molar-refractivity contribution in [2.24, 2.45) is 19.8 Å². The third-order valence-electron chi connectivity index (χ3n) is 14.5. The number of nitrogens with one attached hydrogen (secondary N) is 1. The standard InChI is InChI=1S/C31H37N7O4.C26H29N7O2/c1-7-8-16-37-25-27(35-26(37)20-12-11-13-21(17-20)33-29(40)42-31(3,4)5)36(6)30(41)38(28(25)39)18-24-32-19(2)22-14-9-10-15-23(22)34-24;1-4-5-13-32-22-24(30-23(32)17-9-8-10-18(27)14-17)31(3)26(35)33(25(22)34)15-21-28-16(2)19-11-6-7-12-20(19)29-21/h9-10,14-15,20-21H,11-13,16-18H2,1-6H3,(H,33,40);6-7,11-12,17-18H,8-10,13-15,27H2,1-3H3/t20?,21-;17?,18-/m11/s1. The molecular weight excluding hydrogens is 977 g/mol. The molecule has 0 saturated heterocycles. The second kappa shape index (κ2) is 22.2. The number of rotatable bonds is 9. The highest BCUT2D eigenvalue weighted by Gasteiger charge is 2.32. The summed E-state index contributed by atoms with van der Waals surface area (Å²) in [5.41, 5.74) is 8.34. The summed E-state index contributed by atoms with van der Waals surface area (Å²) >= 11 is 0. The molecular formula is C57H66N14O6. The number of fused-ring (bicyclic) bond motifs is 4. The fourth-order valence-electron chi connectivity index (χ4n) is 10.8. The van der Waals surface area contributed by atoms with Gasteiger partial charge in [0.1, 0.15) is 28.9 Å². The van der Waals surface area contributed by atoms with E-state index in [1.165, 1.54) is 18.3 Å². The van der Waals surface area contributed by atoms with Crippen LogP contribution in [0.3, 0.4) is 0 Å². The smallest absolute Gasteiger partial charge is 0.407 e. The molecule has 2 aromatic carbocycles. The van der Waals surface area contributed by atoms with Gasteiger partial charge in [-0.2, -0.15) is 0 Å². The summed E-state index contributed by atoms with van der Waals surface area (Å²) in [7, 11) is 3.26. The zero-order valence-corrected chi connectivity index (χ0v) is 45.3. The number of amides is 1. The second-order valence-corrected chi connectivity index (χ2v) is 21.1. The van der Waals surface area contributed by atoms with E-state index in [0.29, 0.717) is 52.8 Å². The number of carbonyl (C=O) groups is 1. The van der Waals surface area contributed by atoms with E-state index in [1.807, 2.05) is 92.3 Å². The van der Waals surface area contributed by atoms with Gasteiger partial charge in [0.15, 0.2) is 22.3 Å². The predicted molar refractivity (Wildman–Crippen MR) is 296 cm³/mol. The summed E-state index contributed by atoms with van der Waals surface area (Å²) in [5, 5.41) is 4.86. The SMILES string of the molecule is CC#CCn1c(C2CCC[C@@H](N)C2)nc2c1c(=O)n(Cc1nc(C)c3ccccc3n1)c(=O)n2C.CC#CCn1c(C2CCC[C@@H](NC(=O)OC(C)(C)C)C2)nc2c1c(=O)n(Cc1nc(C)c3ccccc3n1)c(=O)n2C. The van der Waals surface area contributed by atoms with Gasteiger partial charge >= 0.3 is 17.5 Å². The predicted octanol–water partition coefficient (Wildman–Crippen LogP) is 5.98. The van der Waals surface area contributed by atoms with Crippen molar-refractivity contribution in [3.8, 4) is 23.7 Å². The minimum atomic E-state index is -0.591. The van der Waals surface area contributed by atoms with Crippen LogP contribution in [0.4, 0.5) is 4.79 Å². The van der Waals surface area contributed by atoms with Gasteiger partial charge in [0.05, 0.1) is 37.2 Å². The summed E-state index contributed by atoms with van der Waals surface area (Å²) in [5.74, 6) is 14.3. The molecule has 8 aromatic rings. The maximum atomic E-state index is 14.0. The number of hydrogen-bond donors (Lipinski definition) is 2. The quantitative estimate of drug-likeness (QED) is 0.159. The molecule has 400 valence electrons. The van der Waals surface area contributed by atoms with Crippen LogP contribution in [0.1, 0.15) is 133 Å². The zero-order chi connectivity index (χ0) is 54.9. The molecule has 20 nitrogen and oxygen atoms in total. The van der Waals surface area contributed by atoms with Crippen molar-refractivity contribution in [2.75, 3.05) is 0 Å². The number of imidazole rings is 2. The van der Waals surface area contributed by atoms with Crippen molar-refractivity contribution in [3.63, 3.8) is 0 Å². The van der Waals surface area contributed by atoms with Crippen molar-refractivity contribution in [1.82, 2.24) is 62.6 Å². The number of hydrogen-bond acceptors (Lipinski definition) is 13. The molecule has 2 aliphatic carbocycles. The van der Waals surface area contributed by atoms with Crippen molar-refractivity contribution in [2.45, 2.75) is 156 Å². The first-order valence-corrected chi connectivity index (χ1v) is 26.2. The van der Waals surface area contributed by atoms with E-state index >= 15 is 0 Å². The van der Waals surface area contributed by atoms with Crippen LogP contribution in [-0.2, 0) is 45.0 Å². The first-order chi connectivity index (χ1) is 36.8. The molecule has 0 bridgehead atoms. The third-order valence-corrected chi connectivity index (χ3v) is 14.5. The molecule has 77 heavy (non-hydrogen) atoms. The number of alkyl carbamates (subject to hydrolysis) is 1. The Bertz CT molecular complexity index is 3980. The van der Waals surface area contributed by atoms with Crippen LogP contribution in [0.2, 0.25) is 0 Å². The number of carbonyl (C=O) groups excluding carboxylic acids is 1. The molecule has 10 rings (SSSR count). The van der Waals surface area contributed by atoms with Gasteiger partial charge < -0.3 is 24.9 Å². The topological polar surface area (TPSA) is 240 Å². The number of nitrogens with two attached hydrogens (primary N) is 1. The monoisotopic (exact) mass is 1040 g/mol. The van der Waals surface area contributed by atoms with Gasteiger partial charge in [-0.05, 0) is 99.1 Å². The van der Waals surface area contributed by atoms with Crippen molar-refractivity contribution in [3.05, 3.63) is 125 Å². The van der Waals surface area contributed by atoms with Crippen LogP contribution >= 0.6 is 0 Å².